The fourth-order valence-corrected chi connectivity index (χ4v) is 2.78. The second kappa shape index (κ2) is 9.50. The van der Waals surface area contributed by atoms with Crippen LogP contribution in [0.5, 0.6) is 0 Å². The van der Waals surface area contributed by atoms with Gasteiger partial charge in [-0.25, -0.2) is 23.0 Å². The first kappa shape index (κ1) is 22.1. The van der Waals surface area contributed by atoms with Crippen LogP contribution >= 0.6 is 0 Å². The predicted molar refractivity (Wildman–Crippen MR) is 110 cm³/mol. The van der Waals surface area contributed by atoms with Crippen LogP contribution < -0.4 is 10.9 Å². The Kier molecular flexibility index (Phi) is 6.78. The Balaban J connectivity index is 1.76. The topological polar surface area (TPSA) is 80.8 Å². The lowest BCUT2D eigenvalue weighted by molar-refractivity contribution is 0.211. The molecule has 2 aromatic rings. The van der Waals surface area contributed by atoms with Gasteiger partial charge in [0, 0.05) is 25.0 Å². The molecule has 0 radical (unpaired) electrons. The highest BCUT2D eigenvalue weighted by molar-refractivity contribution is 5.96. The number of pyridine rings is 1. The van der Waals surface area contributed by atoms with Gasteiger partial charge in [0.1, 0.15) is 0 Å². The average Bonchev–Trinajstić information content (AvgIpc) is 3.55. The molecule has 1 aromatic carbocycles. The predicted octanol–water partition coefficient (Wildman–Crippen LogP) is 3.10. The molecule has 7 nitrogen and oxygen atoms in total. The molecular formula is C21H22F3N5O2. The lowest BCUT2D eigenvalue weighted by Crippen LogP contribution is -2.47. The summed E-state index contributed by atoms with van der Waals surface area (Å²) in [6.07, 6.45) is 4.54. The summed E-state index contributed by atoms with van der Waals surface area (Å²) in [6.45, 7) is 3.64. The van der Waals surface area contributed by atoms with Crippen LogP contribution in [0.3, 0.4) is 0 Å². The molecule has 2 N–H and O–H groups in total. The van der Waals surface area contributed by atoms with Gasteiger partial charge in [-0.05, 0) is 36.6 Å². The van der Waals surface area contributed by atoms with Crippen LogP contribution in [0.1, 0.15) is 24.0 Å². The quantitative estimate of drug-likeness (QED) is 0.417. The summed E-state index contributed by atoms with van der Waals surface area (Å²) in [5, 5.41) is 2.66. The Morgan fingerprint density at radius 2 is 1.97 bits per heavy atom. The van der Waals surface area contributed by atoms with Crippen molar-refractivity contribution in [3.05, 3.63) is 82.2 Å². The number of hydrogen-bond donors (Lipinski definition) is 2. The van der Waals surface area contributed by atoms with Gasteiger partial charge in [-0.1, -0.05) is 12.6 Å². The van der Waals surface area contributed by atoms with E-state index < -0.39 is 23.5 Å². The van der Waals surface area contributed by atoms with Gasteiger partial charge in [0.25, 0.3) is 5.56 Å². The number of H-pyrrole nitrogens is 1. The first-order valence-electron chi connectivity index (χ1n) is 9.57. The molecule has 0 saturated heterocycles. The SMILES string of the molecule is C=CN(Cc1cc(F)c(F)c(F)c1)C(=NC1CC1)NC(=O)N(C)Cc1ccc[nH]c1=O. The number of amides is 2. The van der Waals surface area contributed by atoms with Gasteiger partial charge >= 0.3 is 6.03 Å². The van der Waals surface area contributed by atoms with Crippen molar-refractivity contribution in [2.24, 2.45) is 4.99 Å². The van der Waals surface area contributed by atoms with E-state index in [2.05, 4.69) is 21.9 Å². The molecule has 0 unspecified atom stereocenters. The van der Waals surface area contributed by atoms with Gasteiger partial charge in [0.2, 0.25) is 5.96 Å². The number of carbonyl (C=O) groups is 1. The van der Waals surface area contributed by atoms with E-state index in [0.717, 1.165) is 25.0 Å². The van der Waals surface area contributed by atoms with Crippen LogP contribution in [-0.2, 0) is 13.1 Å². The minimum atomic E-state index is -1.55. The maximum atomic E-state index is 13.6. The van der Waals surface area contributed by atoms with Crippen LogP contribution in [-0.4, -0.2) is 39.9 Å². The number of urea groups is 1. The molecule has 31 heavy (non-hydrogen) atoms. The van der Waals surface area contributed by atoms with Crippen molar-refractivity contribution in [1.82, 2.24) is 20.1 Å². The molecule has 164 valence electrons. The van der Waals surface area contributed by atoms with Crippen LogP contribution in [0.15, 0.2) is 53.0 Å². The molecule has 3 rings (SSSR count). The zero-order valence-electron chi connectivity index (χ0n) is 16.9. The lowest BCUT2D eigenvalue weighted by Gasteiger charge is -2.25. The van der Waals surface area contributed by atoms with Crippen LogP contribution in [0.4, 0.5) is 18.0 Å². The fourth-order valence-electron chi connectivity index (χ4n) is 2.78. The van der Waals surface area contributed by atoms with Gasteiger partial charge in [-0.3, -0.25) is 10.1 Å². The number of aromatic nitrogens is 1. The molecule has 10 heteroatoms. The third kappa shape index (κ3) is 5.74. The third-order valence-corrected chi connectivity index (χ3v) is 4.61. The average molecular weight is 433 g/mol. The number of hydrogen-bond acceptors (Lipinski definition) is 3. The van der Waals surface area contributed by atoms with Crippen molar-refractivity contribution in [1.29, 1.82) is 0 Å². The maximum absolute atomic E-state index is 13.6. The number of benzene rings is 1. The standard InChI is InChI=1S/C21H22F3N5O2/c1-3-29(11-13-9-16(22)18(24)17(23)10-13)20(26-15-6-7-15)27-21(31)28(2)12-14-5-4-8-25-19(14)30/h3-5,8-10,15H,1,6-7,11-12H2,2H3,(H,25,30)(H,26,27,31). The van der Waals surface area contributed by atoms with Crippen molar-refractivity contribution in [3.63, 3.8) is 0 Å². The van der Waals surface area contributed by atoms with E-state index in [1.54, 1.807) is 12.1 Å². The summed E-state index contributed by atoms with van der Waals surface area (Å²) in [6, 6.07) is 4.49. The number of carbonyl (C=O) groups excluding carboxylic acids is 1. The first-order valence-corrected chi connectivity index (χ1v) is 9.57. The summed E-state index contributed by atoms with van der Waals surface area (Å²) in [7, 11) is 1.51. The number of halogens is 3. The Bertz CT molecular complexity index is 1040. The van der Waals surface area contributed by atoms with E-state index in [0.29, 0.717) is 5.56 Å². The largest absolute Gasteiger partial charge is 0.329 e. The smallest absolute Gasteiger partial charge is 0.324 e. The summed E-state index contributed by atoms with van der Waals surface area (Å²) < 4.78 is 40.4. The highest BCUT2D eigenvalue weighted by Gasteiger charge is 2.25. The second-order valence-corrected chi connectivity index (χ2v) is 7.18. The molecule has 1 aliphatic carbocycles. The molecule has 1 heterocycles. The molecule has 1 aliphatic rings. The van der Waals surface area contributed by atoms with Crippen molar-refractivity contribution < 1.29 is 18.0 Å². The van der Waals surface area contributed by atoms with Crippen LogP contribution in [0, 0.1) is 17.5 Å². The molecule has 1 aromatic heterocycles. The number of aliphatic imine (C=N–C) groups is 1. The van der Waals surface area contributed by atoms with E-state index in [9.17, 15) is 22.8 Å². The Labute approximate surface area is 176 Å². The minimum absolute atomic E-state index is 0.0155. The van der Waals surface area contributed by atoms with Gasteiger partial charge < -0.3 is 14.8 Å². The number of nitrogens with zero attached hydrogens (tertiary/aromatic N) is 3. The summed E-state index contributed by atoms with van der Waals surface area (Å²) in [4.78, 5) is 34.2. The fraction of sp³-hybridized carbons (Fsp3) is 0.286. The number of rotatable bonds is 6. The van der Waals surface area contributed by atoms with Crippen molar-refractivity contribution in [2.45, 2.75) is 32.0 Å². The van der Waals surface area contributed by atoms with Crippen LogP contribution in [0.2, 0.25) is 0 Å². The lowest BCUT2D eigenvalue weighted by atomic mass is 10.2. The van der Waals surface area contributed by atoms with E-state index >= 15 is 0 Å². The van der Waals surface area contributed by atoms with Gasteiger partial charge in [0.15, 0.2) is 17.5 Å². The van der Waals surface area contributed by atoms with E-state index in [4.69, 9.17) is 0 Å². The number of aromatic amines is 1. The highest BCUT2D eigenvalue weighted by atomic mass is 19.2. The van der Waals surface area contributed by atoms with Crippen molar-refractivity contribution >= 4 is 12.0 Å². The summed E-state index contributed by atoms with van der Waals surface area (Å²) in [5.41, 5.74) is 0.235. The number of nitrogens with one attached hydrogen (secondary N) is 2. The van der Waals surface area contributed by atoms with E-state index in [1.165, 1.54) is 29.2 Å². The van der Waals surface area contributed by atoms with E-state index in [-0.39, 0.29) is 36.2 Å². The van der Waals surface area contributed by atoms with Crippen LogP contribution in [0.25, 0.3) is 0 Å². The Morgan fingerprint density at radius 1 is 1.29 bits per heavy atom. The Hall–Kier alpha value is -3.56. The molecule has 0 aliphatic heterocycles. The molecule has 0 spiro atoms. The molecule has 2 amide bonds. The third-order valence-electron chi connectivity index (χ3n) is 4.61. The second-order valence-electron chi connectivity index (χ2n) is 7.18. The normalized spacial score (nSPS) is 13.6. The monoisotopic (exact) mass is 433 g/mol. The van der Waals surface area contributed by atoms with E-state index in [1.807, 2.05) is 0 Å². The van der Waals surface area contributed by atoms with Gasteiger partial charge in [-0.2, -0.15) is 0 Å². The molecule has 0 atom stereocenters. The maximum Gasteiger partial charge on any atom is 0.324 e. The van der Waals surface area contributed by atoms with Crippen molar-refractivity contribution in [3.8, 4) is 0 Å². The summed E-state index contributed by atoms with van der Waals surface area (Å²) in [5.74, 6) is -4.03. The number of guanidine groups is 1. The first-order chi connectivity index (χ1) is 14.8. The molecule has 1 saturated carbocycles. The zero-order valence-corrected chi connectivity index (χ0v) is 16.9. The van der Waals surface area contributed by atoms with Gasteiger partial charge in [0.05, 0.1) is 19.1 Å². The molecular weight excluding hydrogens is 411 g/mol. The Morgan fingerprint density at radius 3 is 2.55 bits per heavy atom. The molecule has 0 bridgehead atoms. The molecule has 1 fully saturated rings. The zero-order chi connectivity index (χ0) is 22.5. The van der Waals surface area contributed by atoms with Gasteiger partial charge in [-0.15, -0.1) is 0 Å². The highest BCUT2D eigenvalue weighted by Crippen LogP contribution is 2.24. The van der Waals surface area contributed by atoms with Crippen molar-refractivity contribution in [2.75, 3.05) is 7.05 Å². The summed E-state index contributed by atoms with van der Waals surface area (Å²) >= 11 is 0. The minimum Gasteiger partial charge on any atom is -0.329 e.